The van der Waals surface area contributed by atoms with E-state index < -0.39 is 0 Å². The molecule has 76 valence electrons. The predicted molar refractivity (Wildman–Crippen MR) is 62.4 cm³/mol. The molecule has 0 aliphatic rings. The number of H-pyrrole nitrogens is 2. The van der Waals surface area contributed by atoms with E-state index in [1.165, 1.54) is 5.56 Å². The molecule has 1 aromatic carbocycles. The Kier molecular flexibility index (Phi) is 2.51. The molecule has 1 heterocycles. The van der Waals surface area contributed by atoms with Crippen molar-refractivity contribution in [1.82, 2.24) is 9.97 Å². The maximum absolute atomic E-state index is 11.2. The second-order valence-corrected chi connectivity index (χ2v) is 3.81. The van der Waals surface area contributed by atoms with E-state index in [0.29, 0.717) is 4.64 Å². The summed E-state index contributed by atoms with van der Waals surface area (Å²) in [7, 11) is 0. The number of benzene rings is 1. The number of aryl methyl sites for hydroxylation is 1. The Bertz CT molecular complexity index is 552. The summed E-state index contributed by atoms with van der Waals surface area (Å²) in [6, 6.07) is 9.63. The van der Waals surface area contributed by atoms with Crippen molar-refractivity contribution >= 4 is 12.2 Å². The number of aromatic nitrogens is 2. The second-order valence-electron chi connectivity index (χ2n) is 3.37. The highest BCUT2D eigenvalue weighted by Crippen LogP contribution is 2.15. The number of hydrogen-bond acceptors (Lipinski definition) is 2. The first kappa shape index (κ1) is 9.86. The lowest BCUT2D eigenvalue weighted by atomic mass is 10.1. The van der Waals surface area contributed by atoms with E-state index in [-0.39, 0.29) is 5.69 Å². The van der Waals surface area contributed by atoms with Gasteiger partial charge in [0.2, 0.25) is 0 Å². The van der Waals surface area contributed by atoms with Gasteiger partial charge >= 0.3 is 5.69 Å². The normalized spacial score (nSPS) is 10.2. The van der Waals surface area contributed by atoms with E-state index in [0.717, 1.165) is 11.3 Å². The zero-order chi connectivity index (χ0) is 10.8. The Balaban J connectivity index is 2.59. The van der Waals surface area contributed by atoms with Crippen LogP contribution in [0.25, 0.3) is 11.3 Å². The van der Waals surface area contributed by atoms with Gasteiger partial charge in [-0.1, -0.05) is 42.0 Å². The van der Waals surface area contributed by atoms with Crippen molar-refractivity contribution in [1.29, 1.82) is 0 Å². The Morgan fingerprint density at radius 1 is 1.13 bits per heavy atom. The molecule has 0 radical (unpaired) electrons. The van der Waals surface area contributed by atoms with E-state index in [1.54, 1.807) is 6.07 Å². The third kappa shape index (κ3) is 2.22. The average molecular weight is 218 g/mol. The number of hydrogen-bond donors (Lipinski definition) is 2. The molecule has 0 amide bonds. The molecule has 0 fully saturated rings. The van der Waals surface area contributed by atoms with Crippen molar-refractivity contribution in [3.63, 3.8) is 0 Å². The van der Waals surface area contributed by atoms with Crippen LogP contribution in [0.15, 0.2) is 35.1 Å². The minimum atomic E-state index is -0.280. The molecule has 4 heteroatoms. The van der Waals surface area contributed by atoms with Gasteiger partial charge in [-0.3, -0.25) is 4.98 Å². The van der Waals surface area contributed by atoms with Crippen LogP contribution < -0.4 is 5.69 Å². The molecule has 0 aliphatic heterocycles. The average Bonchev–Trinajstić information content (AvgIpc) is 2.17. The van der Waals surface area contributed by atoms with E-state index >= 15 is 0 Å². The molecular formula is C11H10N2OS. The van der Waals surface area contributed by atoms with Gasteiger partial charge in [0.05, 0.1) is 5.69 Å². The van der Waals surface area contributed by atoms with Gasteiger partial charge in [0.1, 0.15) is 4.64 Å². The molecule has 0 saturated heterocycles. The summed E-state index contributed by atoms with van der Waals surface area (Å²) in [6.45, 7) is 2.02. The quantitative estimate of drug-likeness (QED) is 0.722. The SMILES string of the molecule is Cc1ccc(-c2cc(=S)[nH]c(=O)[nH]2)cc1. The molecule has 1 aromatic heterocycles. The zero-order valence-corrected chi connectivity index (χ0v) is 9.02. The molecule has 0 saturated carbocycles. The first-order valence-corrected chi connectivity index (χ1v) is 4.97. The Morgan fingerprint density at radius 3 is 2.40 bits per heavy atom. The summed E-state index contributed by atoms with van der Waals surface area (Å²) < 4.78 is 0.439. The van der Waals surface area contributed by atoms with Gasteiger partial charge < -0.3 is 4.98 Å². The van der Waals surface area contributed by atoms with Crippen molar-refractivity contribution in [2.24, 2.45) is 0 Å². The topological polar surface area (TPSA) is 48.6 Å². The summed E-state index contributed by atoms with van der Waals surface area (Å²) in [5.74, 6) is 0. The van der Waals surface area contributed by atoms with Crippen molar-refractivity contribution < 1.29 is 0 Å². The molecule has 2 N–H and O–H groups in total. The van der Waals surface area contributed by atoms with Crippen molar-refractivity contribution in [2.75, 3.05) is 0 Å². The Labute approximate surface area is 91.8 Å². The Hall–Kier alpha value is -1.68. The van der Waals surface area contributed by atoms with Crippen LogP contribution in [0, 0.1) is 11.6 Å². The van der Waals surface area contributed by atoms with Crippen LogP contribution in [0.3, 0.4) is 0 Å². The zero-order valence-electron chi connectivity index (χ0n) is 8.20. The van der Waals surface area contributed by atoms with Gasteiger partial charge in [-0.2, -0.15) is 0 Å². The molecule has 0 unspecified atom stereocenters. The van der Waals surface area contributed by atoms with Crippen LogP contribution >= 0.6 is 12.2 Å². The number of nitrogens with one attached hydrogen (secondary N) is 2. The van der Waals surface area contributed by atoms with Gasteiger partial charge in [0.15, 0.2) is 0 Å². The number of aromatic amines is 2. The summed E-state index contributed by atoms with van der Waals surface area (Å²) in [6.07, 6.45) is 0. The second kappa shape index (κ2) is 3.82. The van der Waals surface area contributed by atoms with E-state index in [1.807, 2.05) is 31.2 Å². The van der Waals surface area contributed by atoms with Gasteiger partial charge in [0.25, 0.3) is 0 Å². The highest BCUT2D eigenvalue weighted by Gasteiger charge is 1.98. The number of rotatable bonds is 1. The van der Waals surface area contributed by atoms with Crippen LogP contribution in [-0.4, -0.2) is 9.97 Å². The molecule has 0 atom stereocenters. The maximum Gasteiger partial charge on any atom is 0.324 e. The monoisotopic (exact) mass is 218 g/mol. The van der Waals surface area contributed by atoms with Crippen LogP contribution in [0.5, 0.6) is 0 Å². The van der Waals surface area contributed by atoms with Gasteiger partial charge in [-0.25, -0.2) is 4.79 Å². The standard InChI is InChI=1S/C11H10N2OS/c1-7-2-4-8(5-3-7)9-6-10(15)13-11(14)12-9/h2-6H,1H3,(H2,12,13,14,15). The van der Waals surface area contributed by atoms with Crippen molar-refractivity contribution in [3.8, 4) is 11.3 Å². The maximum atomic E-state index is 11.2. The fourth-order valence-corrected chi connectivity index (χ4v) is 1.57. The minimum Gasteiger partial charge on any atom is -0.307 e. The highest BCUT2D eigenvalue weighted by atomic mass is 32.1. The molecule has 2 aromatic rings. The minimum absolute atomic E-state index is 0.280. The van der Waals surface area contributed by atoms with Crippen molar-refractivity contribution in [2.45, 2.75) is 6.92 Å². The van der Waals surface area contributed by atoms with Crippen LogP contribution in [0.1, 0.15) is 5.56 Å². The third-order valence-corrected chi connectivity index (χ3v) is 2.34. The first-order chi connectivity index (χ1) is 7.15. The molecule has 3 nitrogen and oxygen atoms in total. The van der Waals surface area contributed by atoms with Gasteiger partial charge in [-0.15, -0.1) is 0 Å². The molecule has 0 bridgehead atoms. The highest BCUT2D eigenvalue weighted by molar-refractivity contribution is 7.71. The fraction of sp³-hybridized carbons (Fsp3) is 0.0909. The lowest BCUT2D eigenvalue weighted by Gasteiger charge is -2.01. The summed E-state index contributed by atoms with van der Waals surface area (Å²) in [4.78, 5) is 16.4. The third-order valence-electron chi connectivity index (χ3n) is 2.12. The fourth-order valence-electron chi connectivity index (χ4n) is 1.36. The van der Waals surface area contributed by atoms with Crippen LogP contribution in [-0.2, 0) is 0 Å². The Morgan fingerprint density at radius 2 is 1.80 bits per heavy atom. The summed E-state index contributed by atoms with van der Waals surface area (Å²) in [5, 5.41) is 0. The van der Waals surface area contributed by atoms with Gasteiger partial charge in [-0.05, 0) is 18.6 Å². The summed E-state index contributed by atoms with van der Waals surface area (Å²) in [5.41, 5.74) is 2.60. The lowest BCUT2D eigenvalue weighted by molar-refractivity contribution is 1.07. The molecule has 2 rings (SSSR count). The van der Waals surface area contributed by atoms with Crippen LogP contribution in [0.4, 0.5) is 0 Å². The van der Waals surface area contributed by atoms with Crippen molar-refractivity contribution in [3.05, 3.63) is 51.0 Å². The molecule has 0 spiro atoms. The van der Waals surface area contributed by atoms with Crippen LogP contribution in [0.2, 0.25) is 0 Å². The largest absolute Gasteiger partial charge is 0.324 e. The summed E-state index contributed by atoms with van der Waals surface area (Å²) >= 11 is 4.94. The van der Waals surface area contributed by atoms with E-state index in [9.17, 15) is 4.79 Å². The molecular weight excluding hydrogens is 208 g/mol. The smallest absolute Gasteiger partial charge is 0.307 e. The molecule has 0 aliphatic carbocycles. The first-order valence-electron chi connectivity index (χ1n) is 4.56. The van der Waals surface area contributed by atoms with E-state index in [4.69, 9.17) is 12.2 Å². The lowest BCUT2D eigenvalue weighted by Crippen LogP contribution is -2.10. The predicted octanol–water partition coefficient (Wildman–Crippen LogP) is 2.41. The van der Waals surface area contributed by atoms with E-state index in [2.05, 4.69) is 9.97 Å². The van der Waals surface area contributed by atoms with Gasteiger partial charge in [0, 0.05) is 0 Å². The molecule has 15 heavy (non-hydrogen) atoms.